The van der Waals surface area contributed by atoms with Crippen LogP contribution in [0.2, 0.25) is 0 Å². The van der Waals surface area contributed by atoms with E-state index in [1.807, 2.05) is 6.92 Å². The smallest absolute Gasteiger partial charge is 0.162 e. The van der Waals surface area contributed by atoms with Crippen LogP contribution >= 0.6 is 0 Å². The molecule has 0 aromatic heterocycles. The van der Waals surface area contributed by atoms with Gasteiger partial charge in [0.15, 0.2) is 11.6 Å². The van der Waals surface area contributed by atoms with E-state index in [0.29, 0.717) is 6.42 Å². The van der Waals surface area contributed by atoms with Gasteiger partial charge in [-0.1, -0.05) is 25.5 Å². The lowest BCUT2D eigenvalue weighted by atomic mass is 10.0. The van der Waals surface area contributed by atoms with Crippen molar-refractivity contribution in [3.05, 3.63) is 35.4 Å². The zero-order chi connectivity index (χ0) is 10.6. The molecule has 0 saturated carbocycles. The molecule has 1 aromatic rings. The van der Waals surface area contributed by atoms with Crippen LogP contribution in [0.1, 0.15) is 25.3 Å². The average Bonchev–Trinajstić information content (AvgIpc) is 2.13. The number of hydrogen-bond acceptors (Lipinski definition) is 1. The first-order valence-electron chi connectivity index (χ1n) is 4.76. The molecular weight excluding hydrogens is 186 g/mol. The summed E-state index contributed by atoms with van der Waals surface area (Å²) in [6.45, 7) is 1.94. The second kappa shape index (κ2) is 5.05. The van der Waals surface area contributed by atoms with Gasteiger partial charge in [0.2, 0.25) is 0 Å². The maximum atomic E-state index is 13.1. The van der Waals surface area contributed by atoms with Crippen molar-refractivity contribution in [2.75, 3.05) is 0 Å². The third-order valence-corrected chi connectivity index (χ3v) is 2.11. The Morgan fingerprint density at radius 1 is 1.36 bits per heavy atom. The van der Waals surface area contributed by atoms with Crippen molar-refractivity contribution in [2.45, 2.75) is 32.3 Å². The van der Waals surface area contributed by atoms with Gasteiger partial charge in [0.25, 0.3) is 0 Å². The van der Waals surface area contributed by atoms with Crippen LogP contribution < -0.4 is 0 Å². The van der Waals surface area contributed by atoms with E-state index in [9.17, 15) is 13.9 Å². The fourth-order valence-electron chi connectivity index (χ4n) is 1.40. The molecular formula is C11H14F2O. The van der Waals surface area contributed by atoms with Gasteiger partial charge in [0.05, 0.1) is 6.10 Å². The van der Waals surface area contributed by atoms with Gasteiger partial charge in [0.1, 0.15) is 0 Å². The molecule has 1 atom stereocenters. The predicted octanol–water partition coefficient (Wildman–Crippen LogP) is 2.67. The van der Waals surface area contributed by atoms with Crippen molar-refractivity contribution in [2.24, 2.45) is 0 Å². The highest BCUT2D eigenvalue weighted by molar-refractivity contribution is 5.19. The molecule has 1 N–H and O–H groups in total. The standard InChI is InChI=1S/C11H14F2O/c1-2-4-9(14)7-8-5-3-6-10(12)11(8)13/h3,5-6,9,14H,2,4,7H2,1H3/t9-/m0/s1. The summed E-state index contributed by atoms with van der Waals surface area (Å²) in [4.78, 5) is 0. The molecule has 78 valence electrons. The Morgan fingerprint density at radius 2 is 2.07 bits per heavy atom. The molecule has 0 unspecified atom stereocenters. The summed E-state index contributed by atoms with van der Waals surface area (Å²) in [6, 6.07) is 4.02. The fraction of sp³-hybridized carbons (Fsp3) is 0.455. The first-order chi connectivity index (χ1) is 6.65. The summed E-state index contributed by atoms with van der Waals surface area (Å²) in [5.74, 6) is -1.70. The van der Waals surface area contributed by atoms with E-state index in [2.05, 4.69) is 0 Å². The molecule has 0 aliphatic heterocycles. The van der Waals surface area contributed by atoms with E-state index >= 15 is 0 Å². The molecule has 0 saturated heterocycles. The van der Waals surface area contributed by atoms with Crippen LogP contribution in [0.3, 0.4) is 0 Å². The van der Waals surface area contributed by atoms with E-state index in [0.717, 1.165) is 12.5 Å². The largest absolute Gasteiger partial charge is 0.393 e. The van der Waals surface area contributed by atoms with Gasteiger partial charge in [-0.15, -0.1) is 0 Å². The molecule has 1 rings (SSSR count). The van der Waals surface area contributed by atoms with Gasteiger partial charge in [-0.25, -0.2) is 8.78 Å². The molecule has 0 amide bonds. The van der Waals surface area contributed by atoms with E-state index in [1.165, 1.54) is 12.1 Å². The Labute approximate surface area is 82.4 Å². The quantitative estimate of drug-likeness (QED) is 0.792. The van der Waals surface area contributed by atoms with Gasteiger partial charge >= 0.3 is 0 Å². The molecule has 0 fully saturated rings. The van der Waals surface area contributed by atoms with Crippen molar-refractivity contribution in [3.63, 3.8) is 0 Å². The van der Waals surface area contributed by atoms with Crippen LogP contribution in [0.5, 0.6) is 0 Å². The molecule has 0 aliphatic rings. The summed E-state index contributed by atoms with van der Waals surface area (Å²) < 4.78 is 25.9. The maximum absolute atomic E-state index is 13.1. The Bertz CT molecular complexity index is 299. The minimum absolute atomic E-state index is 0.178. The van der Waals surface area contributed by atoms with Crippen LogP contribution in [0.4, 0.5) is 8.78 Å². The van der Waals surface area contributed by atoms with Crippen LogP contribution in [-0.4, -0.2) is 11.2 Å². The second-order valence-corrected chi connectivity index (χ2v) is 3.36. The molecule has 14 heavy (non-hydrogen) atoms. The van der Waals surface area contributed by atoms with E-state index in [4.69, 9.17) is 0 Å². The van der Waals surface area contributed by atoms with E-state index in [-0.39, 0.29) is 12.0 Å². The van der Waals surface area contributed by atoms with Gasteiger partial charge in [0, 0.05) is 6.42 Å². The Kier molecular flexibility index (Phi) is 4.01. The highest BCUT2D eigenvalue weighted by atomic mass is 19.2. The molecule has 1 aromatic carbocycles. The Balaban J connectivity index is 2.71. The molecule has 0 heterocycles. The minimum Gasteiger partial charge on any atom is -0.393 e. The molecule has 1 nitrogen and oxygen atoms in total. The number of rotatable bonds is 4. The molecule has 0 aliphatic carbocycles. The van der Waals surface area contributed by atoms with E-state index < -0.39 is 17.7 Å². The summed E-state index contributed by atoms with van der Waals surface area (Å²) in [6.07, 6.45) is 1.03. The third-order valence-electron chi connectivity index (χ3n) is 2.11. The molecule has 0 radical (unpaired) electrons. The van der Waals surface area contributed by atoms with Crippen molar-refractivity contribution in [3.8, 4) is 0 Å². The number of aliphatic hydroxyl groups is 1. The van der Waals surface area contributed by atoms with Crippen LogP contribution in [0.15, 0.2) is 18.2 Å². The lowest BCUT2D eigenvalue weighted by molar-refractivity contribution is 0.162. The zero-order valence-corrected chi connectivity index (χ0v) is 8.13. The Hall–Kier alpha value is -0.960. The molecule has 0 bridgehead atoms. The second-order valence-electron chi connectivity index (χ2n) is 3.36. The first kappa shape index (κ1) is 11.1. The lowest BCUT2D eigenvalue weighted by Crippen LogP contribution is -2.11. The lowest BCUT2D eigenvalue weighted by Gasteiger charge is -2.09. The zero-order valence-electron chi connectivity index (χ0n) is 8.13. The first-order valence-corrected chi connectivity index (χ1v) is 4.76. The summed E-state index contributed by atoms with van der Waals surface area (Å²) in [7, 11) is 0. The van der Waals surface area contributed by atoms with Gasteiger partial charge in [-0.3, -0.25) is 0 Å². The number of aliphatic hydroxyl groups excluding tert-OH is 1. The summed E-state index contributed by atoms with van der Waals surface area (Å²) in [5.41, 5.74) is 0.242. The van der Waals surface area contributed by atoms with Crippen LogP contribution in [0.25, 0.3) is 0 Å². The van der Waals surface area contributed by atoms with Crippen LogP contribution in [-0.2, 0) is 6.42 Å². The maximum Gasteiger partial charge on any atom is 0.162 e. The number of halogens is 2. The number of hydrogen-bond donors (Lipinski definition) is 1. The van der Waals surface area contributed by atoms with Crippen LogP contribution in [0, 0.1) is 11.6 Å². The minimum atomic E-state index is -0.855. The molecule has 3 heteroatoms. The normalized spacial score (nSPS) is 12.9. The Morgan fingerprint density at radius 3 is 2.71 bits per heavy atom. The molecule has 0 spiro atoms. The van der Waals surface area contributed by atoms with Gasteiger partial charge in [-0.05, 0) is 18.1 Å². The summed E-state index contributed by atoms with van der Waals surface area (Å²) in [5, 5.41) is 9.43. The van der Waals surface area contributed by atoms with Crippen molar-refractivity contribution >= 4 is 0 Å². The SMILES string of the molecule is CCC[C@H](O)Cc1cccc(F)c1F. The van der Waals surface area contributed by atoms with E-state index in [1.54, 1.807) is 0 Å². The van der Waals surface area contributed by atoms with Crippen molar-refractivity contribution in [1.82, 2.24) is 0 Å². The highest BCUT2D eigenvalue weighted by Gasteiger charge is 2.11. The third kappa shape index (κ3) is 2.77. The van der Waals surface area contributed by atoms with Gasteiger partial charge in [-0.2, -0.15) is 0 Å². The number of benzene rings is 1. The highest BCUT2D eigenvalue weighted by Crippen LogP contribution is 2.14. The summed E-state index contributed by atoms with van der Waals surface area (Å²) >= 11 is 0. The van der Waals surface area contributed by atoms with Crippen molar-refractivity contribution in [1.29, 1.82) is 0 Å². The fourth-order valence-corrected chi connectivity index (χ4v) is 1.40. The van der Waals surface area contributed by atoms with Crippen molar-refractivity contribution < 1.29 is 13.9 Å². The monoisotopic (exact) mass is 200 g/mol. The predicted molar refractivity (Wildman–Crippen MR) is 51.0 cm³/mol. The van der Waals surface area contributed by atoms with Gasteiger partial charge < -0.3 is 5.11 Å². The average molecular weight is 200 g/mol. The topological polar surface area (TPSA) is 20.2 Å².